The average Bonchev–Trinajstić information content (AvgIpc) is 3.56. The van der Waals surface area contributed by atoms with Crippen molar-refractivity contribution in [3.8, 4) is 11.5 Å². The van der Waals surface area contributed by atoms with Crippen molar-refractivity contribution in [2.75, 3.05) is 13.2 Å². The van der Waals surface area contributed by atoms with E-state index in [1.807, 2.05) is 19.1 Å². The first-order valence-corrected chi connectivity index (χ1v) is 13.9. The lowest BCUT2D eigenvalue weighted by atomic mass is 9.68. The summed E-state index contributed by atoms with van der Waals surface area (Å²) in [6.07, 6.45) is 0.946. The number of rotatable bonds is 7. The zero-order valence-electron chi connectivity index (χ0n) is 19.5. The van der Waals surface area contributed by atoms with Gasteiger partial charge in [-0.15, -0.1) is 11.8 Å². The third-order valence-electron chi connectivity index (χ3n) is 8.23. The maximum atomic E-state index is 13.5. The molecule has 3 heterocycles. The number of aromatic hydroxyl groups is 1. The molecule has 6 rings (SSSR count). The van der Waals surface area contributed by atoms with Crippen molar-refractivity contribution in [1.29, 1.82) is 0 Å². The summed E-state index contributed by atoms with van der Waals surface area (Å²) in [4.78, 5) is 55.2. The van der Waals surface area contributed by atoms with E-state index in [9.17, 15) is 24.3 Å². The summed E-state index contributed by atoms with van der Waals surface area (Å²) in [6, 6.07) is 5.29. The van der Waals surface area contributed by atoms with Gasteiger partial charge >= 0.3 is 10.8 Å². The first-order valence-electron chi connectivity index (χ1n) is 12.2. The van der Waals surface area contributed by atoms with Gasteiger partial charge in [-0.25, -0.2) is 0 Å². The third kappa shape index (κ3) is 3.42. The summed E-state index contributed by atoms with van der Waals surface area (Å²) in [5, 5.41) is 20.1. The van der Waals surface area contributed by atoms with Crippen LogP contribution in [0, 0.1) is 29.6 Å². The van der Waals surface area contributed by atoms with Crippen LogP contribution in [0.2, 0.25) is 0 Å². The number of benzene rings is 1. The number of fused-ring (bicyclic) bond motifs is 9. The van der Waals surface area contributed by atoms with Gasteiger partial charge in [0.1, 0.15) is 0 Å². The number of nitrogens with zero attached hydrogens (tertiary/aromatic N) is 1. The molecule has 0 radical (unpaired) electrons. The summed E-state index contributed by atoms with van der Waals surface area (Å²) in [5.41, 5.74) is 0.919. The number of carboxylic acid groups (broad SMARTS) is 1. The number of aromatic nitrogens is 1. The Kier molecular flexibility index (Phi) is 5.67. The number of carboxylic acids is 1. The molecule has 4 aliphatic rings. The van der Waals surface area contributed by atoms with Crippen LogP contribution in [0.1, 0.15) is 42.5 Å². The van der Waals surface area contributed by atoms with Crippen LogP contribution in [0.3, 0.4) is 0 Å². The molecule has 36 heavy (non-hydrogen) atoms. The smallest absolute Gasteiger partial charge is 0.305 e. The zero-order chi connectivity index (χ0) is 25.3. The van der Waals surface area contributed by atoms with E-state index in [0.717, 1.165) is 21.9 Å². The first-order chi connectivity index (χ1) is 17.3. The standard InChI is InChI=1S/C25H26N2O7S2/c1-2-34-14-8-10(5-6-13(14)28)16-17-11-9-12(20(17)35-22-21(16)36-25(33)26-22)19-18(11)23(31)27(24(19)32)7-3-4-15(29)30/h5-6,8,11-12,16-20,28H,2-4,7,9H2,1H3,(H,26,33)(H,29,30)/t11-,12+,16-,17+,18-,19-,20-/m1/s1. The van der Waals surface area contributed by atoms with E-state index in [0.29, 0.717) is 12.4 Å². The highest BCUT2D eigenvalue weighted by Crippen LogP contribution is 2.68. The summed E-state index contributed by atoms with van der Waals surface area (Å²) in [6.45, 7) is 2.38. The van der Waals surface area contributed by atoms with Crippen molar-refractivity contribution in [3.63, 3.8) is 0 Å². The predicted octanol–water partition coefficient (Wildman–Crippen LogP) is 2.88. The molecule has 0 unspecified atom stereocenters. The molecule has 7 atom stereocenters. The highest BCUT2D eigenvalue weighted by Gasteiger charge is 2.69. The molecule has 0 spiro atoms. The third-order valence-corrected chi connectivity index (χ3v) is 10.8. The minimum absolute atomic E-state index is 0.0125. The molecule has 2 saturated carbocycles. The fourth-order valence-electron chi connectivity index (χ4n) is 7.06. The molecule has 2 amide bonds. The molecule has 190 valence electrons. The van der Waals surface area contributed by atoms with Crippen molar-refractivity contribution in [2.45, 2.75) is 42.4 Å². The molecule has 3 N–H and O–H groups in total. The van der Waals surface area contributed by atoms with Gasteiger partial charge in [0.15, 0.2) is 11.5 Å². The van der Waals surface area contributed by atoms with Gasteiger partial charge in [0, 0.05) is 29.0 Å². The molecule has 11 heteroatoms. The number of hydrogen-bond acceptors (Lipinski definition) is 8. The van der Waals surface area contributed by atoms with Gasteiger partial charge in [-0.1, -0.05) is 17.4 Å². The Balaban J connectivity index is 1.38. The molecule has 2 bridgehead atoms. The fraction of sp³-hybridized carbons (Fsp3) is 0.520. The number of ether oxygens (including phenoxy) is 1. The number of imide groups is 1. The van der Waals surface area contributed by atoms with Gasteiger partial charge in [-0.3, -0.25) is 24.1 Å². The maximum Gasteiger partial charge on any atom is 0.305 e. The summed E-state index contributed by atoms with van der Waals surface area (Å²) < 4.78 is 5.63. The van der Waals surface area contributed by atoms with Gasteiger partial charge in [-0.2, -0.15) is 0 Å². The van der Waals surface area contributed by atoms with Crippen molar-refractivity contribution in [3.05, 3.63) is 38.3 Å². The second-order valence-corrected chi connectivity index (χ2v) is 12.1. The Bertz CT molecular complexity index is 1320. The van der Waals surface area contributed by atoms with Gasteiger partial charge in [0.05, 0.1) is 23.5 Å². The average molecular weight is 531 g/mol. The number of aliphatic carboxylic acids is 1. The lowest BCUT2D eigenvalue weighted by molar-refractivity contribution is -0.142. The second kappa shape index (κ2) is 8.65. The molecular formula is C25H26N2O7S2. The predicted molar refractivity (Wildman–Crippen MR) is 131 cm³/mol. The number of phenolic OH excluding ortho intramolecular Hbond substituents is 1. The Morgan fingerprint density at radius 3 is 2.67 bits per heavy atom. The number of carbonyl (C=O) groups excluding carboxylic acids is 2. The van der Waals surface area contributed by atoms with Crippen molar-refractivity contribution >= 4 is 40.9 Å². The minimum Gasteiger partial charge on any atom is -0.504 e. The second-order valence-electron chi connectivity index (χ2n) is 9.95. The van der Waals surface area contributed by atoms with Crippen LogP contribution in [0.25, 0.3) is 0 Å². The molecule has 2 aliphatic carbocycles. The quantitative estimate of drug-likeness (QED) is 0.465. The van der Waals surface area contributed by atoms with Crippen LogP contribution in [0.5, 0.6) is 11.5 Å². The van der Waals surface area contributed by atoms with Crippen LogP contribution < -0.4 is 9.61 Å². The van der Waals surface area contributed by atoms with Crippen LogP contribution in [-0.2, 0) is 14.4 Å². The molecule has 1 aromatic heterocycles. The van der Waals surface area contributed by atoms with Gasteiger partial charge in [0.25, 0.3) is 0 Å². The van der Waals surface area contributed by atoms with Crippen molar-refractivity contribution in [1.82, 2.24) is 9.88 Å². The van der Waals surface area contributed by atoms with E-state index in [-0.39, 0.29) is 76.7 Å². The van der Waals surface area contributed by atoms with E-state index in [1.54, 1.807) is 17.8 Å². The number of thiazole rings is 1. The number of aromatic amines is 1. The topological polar surface area (TPSA) is 137 Å². The van der Waals surface area contributed by atoms with Gasteiger partial charge < -0.3 is 19.9 Å². The summed E-state index contributed by atoms with van der Waals surface area (Å²) in [7, 11) is 0. The molecule has 3 fully saturated rings. The number of amides is 2. The Morgan fingerprint density at radius 2 is 1.94 bits per heavy atom. The fourth-order valence-corrected chi connectivity index (χ4v) is 9.94. The number of hydrogen-bond donors (Lipinski definition) is 3. The van der Waals surface area contributed by atoms with E-state index < -0.39 is 11.9 Å². The molecule has 2 aromatic rings. The molecule has 9 nitrogen and oxygen atoms in total. The number of H-pyrrole nitrogens is 1. The number of nitrogens with one attached hydrogen (secondary N) is 1. The Morgan fingerprint density at radius 1 is 1.19 bits per heavy atom. The van der Waals surface area contributed by atoms with Gasteiger partial charge in [0.2, 0.25) is 11.8 Å². The molecule has 1 aromatic carbocycles. The highest BCUT2D eigenvalue weighted by molar-refractivity contribution is 8.00. The Labute approximate surface area is 214 Å². The van der Waals surface area contributed by atoms with E-state index in [4.69, 9.17) is 9.84 Å². The largest absolute Gasteiger partial charge is 0.504 e. The number of thioether (sulfide) groups is 1. The Hall–Kier alpha value is -2.79. The van der Waals surface area contributed by atoms with Crippen LogP contribution in [-0.4, -0.2) is 56.3 Å². The minimum atomic E-state index is -0.944. The zero-order valence-corrected chi connectivity index (χ0v) is 21.1. The molecular weight excluding hydrogens is 504 g/mol. The van der Waals surface area contributed by atoms with Crippen LogP contribution in [0.4, 0.5) is 0 Å². The van der Waals surface area contributed by atoms with E-state index in [1.165, 1.54) is 16.2 Å². The lowest BCUT2D eigenvalue weighted by Crippen LogP contribution is -2.42. The maximum absolute atomic E-state index is 13.5. The van der Waals surface area contributed by atoms with E-state index in [2.05, 4.69) is 4.98 Å². The van der Waals surface area contributed by atoms with Crippen LogP contribution >= 0.6 is 23.1 Å². The summed E-state index contributed by atoms with van der Waals surface area (Å²) >= 11 is 2.80. The van der Waals surface area contributed by atoms with E-state index >= 15 is 0 Å². The molecule has 1 saturated heterocycles. The van der Waals surface area contributed by atoms with Gasteiger partial charge in [-0.05, 0) is 55.2 Å². The highest BCUT2D eigenvalue weighted by atomic mass is 32.2. The SMILES string of the molecule is CCOc1cc([C@H]2c3sc(=O)[nH]c3S[C@@H]3[C@H]4C[C@@H]([C@H]5C(=O)N(CCCC(=O)O)C(=O)[C@H]45)[C@@H]23)ccc1O. The lowest BCUT2D eigenvalue weighted by Gasteiger charge is -2.43. The summed E-state index contributed by atoms with van der Waals surface area (Å²) in [5.74, 6) is -1.77. The van der Waals surface area contributed by atoms with Crippen molar-refractivity contribution in [2.24, 2.45) is 29.6 Å². The normalized spacial score (nSPS) is 31.9. The first kappa shape index (κ1) is 23.6. The number of phenols is 1. The number of likely N-dealkylation sites (tertiary alicyclic amines) is 1. The molecule has 2 aliphatic heterocycles. The monoisotopic (exact) mass is 530 g/mol. The van der Waals surface area contributed by atoms with Crippen LogP contribution in [0.15, 0.2) is 28.0 Å². The van der Waals surface area contributed by atoms with Crippen molar-refractivity contribution < 1.29 is 29.3 Å². The number of carbonyl (C=O) groups is 3.